The number of hydrogen-bond acceptors (Lipinski definition) is 3. The quantitative estimate of drug-likeness (QED) is 0.713. The molecule has 2 saturated heterocycles. The van der Waals surface area contributed by atoms with Crippen LogP contribution < -0.4 is 10.1 Å². The maximum absolute atomic E-state index is 12.8. The van der Waals surface area contributed by atoms with Crippen LogP contribution in [0, 0.1) is 5.92 Å². The molecule has 0 saturated carbocycles. The van der Waals surface area contributed by atoms with E-state index in [0.717, 1.165) is 41.0 Å². The first-order valence-electron chi connectivity index (χ1n) is 10.5. The van der Waals surface area contributed by atoms with Crippen LogP contribution in [0.3, 0.4) is 0 Å². The van der Waals surface area contributed by atoms with Gasteiger partial charge in [0.2, 0.25) is 0 Å². The average molecular weight is 386 g/mol. The first-order valence-corrected chi connectivity index (χ1v) is 10.5. The molecular weight excluding hydrogens is 360 g/mol. The zero-order valence-corrected chi connectivity index (χ0v) is 16.5. The van der Waals surface area contributed by atoms with Gasteiger partial charge in [0.25, 0.3) is 5.91 Å². The minimum absolute atomic E-state index is 0.0232. The standard InChI is InChI=1S/C25H26N2O2/c28-25(26-23-12-19-10-11-27(15-19)16-23)21-7-6-20-8-9-24(14-22(20)13-21)29-17-18-4-2-1-3-5-18/h1-9,13-14,19,23H,10-12,15-17H2,(H,26,28)/t19-,23-/m1/s1. The summed E-state index contributed by atoms with van der Waals surface area (Å²) >= 11 is 0. The van der Waals surface area contributed by atoms with Gasteiger partial charge >= 0.3 is 0 Å². The Morgan fingerprint density at radius 2 is 1.86 bits per heavy atom. The van der Waals surface area contributed by atoms with Crippen molar-refractivity contribution >= 4 is 16.7 Å². The van der Waals surface area contributed by atoms with Crippen LogP contribution >= 0.6 is 0 Å². The summed E-state index contributed by atoms with van der Waals surface area (Å²) in [6.07, 6.45) is 2.38. The van der Waals surface area contributed by atoms with Crippen molar-refractivity contribution in [1.82, 2.24) is 10.2 Å². The SMILES string of the molecule is O=C(N[C@@H]1C[C@H]2CCN(C2)C1)c1ccc2ccc(OCc3ccccc3)cc2c1. The zero-order valence-electron chi connectivity index (χ0n) is 16.5. The van der Waals surface area contributed by atoms with Crippen molar-refractivity contribution < 1.29 is 9.53 Å². The van der Waals surface area contributed by atoms with Crippen LogP contribution in [0.25, 0.3) is 10.8 Å². The third kappa shape index (κ3) is 4.13. The molecule has 0 aliphatic carbocycles. The molecule has 0 radical (unpaired) electrons. The van der Waals surface area contributed by atoms with Gasteiger partial charge in [0.1, 0.15) is 12.4 Å². The second-order valence-corrected chi connectivity index (χ2v) is 8.32. The summed E-state index contributed by atoms with van der Waals surface area (Å²) in [6.45, 7) is 3.89. The molecule has 2 aliphatic heterocycles. The summed E-state index contributed by atoms with van der Waals surface area (Å²) < 4.78 is 5.95. The summed E-state index contributed by atoms with van der Waals surface area (Å²) in [5, 5.41) is 5.38. The topological polar surface area (TPSA) is 41.6 Å². The molecule has 148 valence electrons. The van der Waals surface area contributed by atoms with Crippen molar-refractivity contribution in [3.8, 4) is 5.75 Å². The highest BCUT2D eigenvalue weighted by Gasteiger charge is 2.32. The highest BCUT2D eigenvalue weighted by molar-refractivity contribution is 5.99. The highest BCUT2D eigenvalue weighted by atomic mass is 16.5. The molecule has 0 spiro atoms. The number of hydrogen-bond donors (Lipinski definition) is 1. The van der Waals surface area contributed by atoms with Gasteiger partial charge in [-0.05, 0) is 65.9 Å². The van der Waals surface area contributed by atoms with E-state index in [4.69, 9.17) is 4.74 Å². The molecule has 5 rings (SSSR count). The zero-order chi connectivity index (χ0) is 19.6. The fourth-order valence-electron chi connectivity index (χ4n) is 4.63. The van der Waals surface area contributed by atoms with Crippen LogP contribution in [0.1, 0.15) is 28.8 Å². The van der Waals surface area contributed by atoms with E-state index in [-0.39, 0.29) is 11.9 Å². The van der Waals surface area contributed by atoms with Crippen LogP contribution in [0.4, 0.5) is 0 Å². The van der Waals surface area contributed by atoms with E-state index in [0.29, 0.717) is 12.2 Å². The molecule has 4 heteroatoms. The molecule has 29 heavy (non-hydrogen) atoms. The number of amides is 1. The lowest BCUT2D eigenvalue weighted by molar-refractivity contribution is 0.0909. The predicted molar refractivity (Wildman–Crippen MR) is 115 cm³/mol. The number of benzene rings is 3. The van der Waals surface area contributed by atoms with E-state index < -0.39 is 0 Å². The second kappa shape index (κ2) is 7.88. The smallest absolute Gasteiger partial charge is 0.251 e. The fraction of sp³-hybridized carbons (Fsp3) is 0.320. The molecule has 2 heterocycles. The van der Waals surface area contributed by atoms with Crippen molar-refractivity contribution in [3.63, 3.8) is 0 Å². The summed E-state index contributed by atoms with van der Waals surface area (Å²) in [4.78, 5) is 15.3. The maximum atomic E-state index is 12.8. The van der Waals surface area contributed by atoms with Gasteiger partial charge in [0.15, 0.2) is 0 Å². The predicted octanol–water partition coefficient (Wildman–Crippen LogP) is 4.24. The van der Waals surface area contributed by atoms with Crippen LogP contribution in [-0.2, 0) is 6.61 Å². The molecule has 2 bridgehead atoms. The van der Waals surface area contributed by atoms with Crippen LogP contribution in [0.2, 0.25) is 0 Å². The summed E-state index contributed by atoms with van der Waals surface area (Å²) in [5.74, 6) is 1.58. The summed E-state index contributed by atoms with van der Waals surface area (Å²) in [5.41, 5.74) is 1.85. The number of carbonyl (C=O) groups is 1. The van der Waals surface area contributed by atoms with E-state index in [1.54, 1.807) is 0 Å². The van der Waals surface area contributed by atoms with Crippen LogP contribution in [0.5, 0.6) is 5.75 Å². The largest absolute Gasteiger partial charge is 0.489 e. The maximum Gasteiger partial charge on any atom is 0.251 e. The second-order valence-electron chi connectivity index (χ2n) is 8.32. The Morgan fingerprint density at radius 1 is 1.00 bits per heavy atom. The fourth-order valence-corrected chi connectivity index (χ4v) is 4.63. The Hall–Kier alpha value is -2.85. The lowest BCUT2D eigenvalue weighted by Gasteiger charge is -2.30. The van der Waals surface area contributed by atoms with E-state index in [1.165, 1.54) is 19.5 Å². The molecule has 1 N–H and O–H groups in total. The van der Waals surface area contributed by atoms with Crippen molar-refractivity contribution in [3.05, 3.63) is 77.9 Å². The van der Waals surface area contributed by atoms with Gasteiger partial charge in [-0.2, -0.15) is 0 Å². The van der Waals surface area contributed by atoms with Crippen LogP contribution in [0.15, 0.2) is 66.7 Å². The van der Waals surface area contributed by atoms with Crippen molar-refractivity contribution in [2.75, 3.05) is 19.6 Å². The lowest BCUT2D eigenvalue weighted by Crippen LogP contribution is -2.47. The van der Waals surface area contributed by atoms with E-state index in [9.17, 15) is 4.79 Å². The number of rotatable bonds is 5. The molecule has 2 aliphatic rings. The minimum Gasteiger partial charge on any atom is -0.489 e. The molecule has 3 aromatic rings. The Labute approximate surface area is 171 Å². The first-order chi connectivity index (χ1) is 14.2. The van der Waals surface area contributed by atoms with Gasteiger partial charge in [-0.3, -0.25) is 4.79 Å². The van der Waals surface area contributed by atoms with E-state index in [1.807, 2.05) is 54.6 Å². The Kier molecular flexibility index (Phi) is 4.94. The normalized spacial score (nSPS) is 23.1. The number of nitrogens with zero attached hydrogens (tertiary/aromatic N) is 1. The summed E-state index contributed by atoms with van der Waals surface area (Å²) in [6, 6.07) is 22.3. The summed E-state index contributed by atoms with van der Waals surface area (Å²) in [7, 11) is 0. The number of fused-ring (bicyclic) bond motifs is 3. The highest BCUT2D eigenvalue weighted by Crippen LogP contribution is 2.27. The monoisotopic (exact) mass is 386 g/mol. The van der Waals surface area contributed by atoms with Gasteiger partial charge in [-0.25, -0.2) is 0 Å². The molecule has 1 amide bonds. The number of ether oxygens (including phenoxy) is 1. The van der Waals surface area contributed by atoms with Gasteiger partial charge in [-0.1, -0.05) is 42.5 Å². The van der Waals surface area contributed by atoms with Crippen LogP contribution in [-0.4, -0.2) is 36.5 Å². The Bertz CT molecular complexity index is 1010. The molecule has 3 atom stereocenters. The minimum atomic E-state index is 0.0232. The van der Waals surface area contributed by atoms with E-state index in [2.05, 4.69) is 22.3 Å². The van der Waals surface area contributed by atoms with Gasteiger partial charge in [-0.15, -0.1) is 0 Å². The molecular formula is C25H26N2O2. The number of piperidine rings is 1. The number of carbonyl (C=O) groups excluding carboxylic acids is 1. The van der Waals surface area contributed by atoms with Gasteiger partial charge in [0, 0.05) is 24.7 Å². The molecule has 1 unspecified atom stereocenters. The van der Waals surface area contributed by atoms with Crippen molar-refractivity contribution in [2.45, 2.75) is 25.5 Å². The molecule has 3 aromatic carbocycles. The Balaban J connectivity index is 1.29. The lowest BCUT2D eigenvalue weighted by atomic mass is 9.96. The average Bonchev–Trinajstić information content (AvgIpc) is 3.10. The first kappa shape index (κ1) is 18.2. The third-order valence-corrected chi connectivity index (χ3v) is 6.12. The Morgan fingerprint density at radius 3 is 2.72 bits per heavy atom. The molecule has 4 nitrogen and oxygen atoms in total. The van der Waals surface area contributed by atoms with E-state index >= 15 is 0 Å². The van der Waals surface area contributed by atoms with Crippen molar-refractivity contribution in [1.29, 1.82) is 0 Å². The molecule has 2 fully saturated rings. The third-order valence-electron chi connectivity index (χ3n) is 6.12. The van der Waals surface area contributed by atoms with Gasteiger partial charge < -0.3 is 15.0 Å². The molecule has 0 aromatic heterocycles. The van der Waals surface area contributed by atoms with Gasteiger partial charge in [0.05, 0.1) is 0 Å². The number of nitrogens with one attached hydrogen (secondary N) is 1. The van der Waals surface area contributed by atoms with Crippen molar-refractivity contribution in [2.24, 2.45) is 5.92 Å².